The number of hydrogen-bond acceptors (Lipinski definition) is 7. The molecule has 0 bridgehead atoms. The number of nitrogens with zero attached hydrogens (tertiary/aromatic N) is 3. The Bertz CT molecular complexity index is 1410. The first-order valence-electron chi connectivity index (χ1n) is 12.1. The lowest BCUT2D eigenvalue weighted by molar-refractivity contribution is 0.174. The van der Waals surface area contributed by atoms with Crippen LogP contribution in [0.1, 0.15) is 25.1 Å². The molecule has 1 aliphatic heterocycles. The van der Waals surface area contributed by atoms with Gasteiger partial charge in [0, 0.05) is 48.2 Å². The van der Waals surface area contributed by atoms with E-state index in [2.05, 4.69) is 58.0 Å². The van der Waals surface area contributed by atoms with Gasteiger partial charge in [-0.2, -0.15) is 5.26 Å². The van der Waals surface area contributed by atoms with Crippen molar-refractivity contribution in [3.8, 4) is 16.5 Å². The van der Waals surface area contributed by atoms with Crippen LogP contribution < -0.4 is 9.62 Å². The number of hydrogen-bond donors (Lipinski definition) is 2. The molecule has 2 N–H and O–H groups in total. The van der Waals surface area contributed by atoms with Crippen molar-refractivity contribution in [2.45, 2.75) is 26.4 Å². The Morgan fingerprint density at radius 1 is 1.11 bits per heavy atom. The molecule has 3 aromatic rings. The standard InChI is InChI=1S/C27H32N4O3S2/c1-4-24(32)18-29-36(33,34)27(17-28)19(2)25-9-10-26(35-25)22-6-5-21-16-23(8-7-20(21)15-22)31-13-11-30(3)12-14-31/h5-10,15-16,24,29,32H,4,11-14,18H2,1-3H3/b27-19+. The summed E-state index contributed by atoms with van der Waals surface area (Å²) in [4.78, 5) is 6.16. The SMILES string of the molecule is CCC(O)CNS(=O)(=O)/C(C#N)=C(\C)c1ccc(-c2ccc3cc(N4CCN(C)CC4)ccc3c2)s1. The zero-order valence-corrected chi connectivity index (χ0v) is 22.5. The van der Waals surface area contributed by atoms with E-state index in [1.807, 2.05) is 18.2 Å². The number of sulfonamides is 1. The van der Waals surface area contributed by atoms with Crippen molar-refractivity contribution < 1.29 is 13.5 Å². The first-order chi connectivity index (χ1) is 17.2. The maximum absolute atomic E-state index is 12.7. The average molecular weight is 525 g/mol. The molecule has 190 valence electrons. The fraction of sp³-hybridized carbons (Fsp3) is 0.370. The van der Waals surface area contributed by atoms with Gasteiger partial charge >= 0.3 is 0 Å². The van der Waals surface area contributed by atoms with Gasteiger partial charge in [0.1, 0.15) is 6.07 Å². The molecule has 4 rings (SSSR count). The van der Waals surface area contributed by atoms with Gasteiger partial charge in [0.15, 0.2) is 4.91 Å². The zero-order chi connectivity index (χ0) is 25.9. The summed E-state index contributed by atoms with van der Waals surface area (Å²) in [5.41, 5.74) is 2.68. The Balaban J connectivity index is 1.57. The Hall–Kier alpha value is -2.74. The highest BCUT2D eigenvalue weighted by Crippen LogP contribution is 2.35. The predicted molar refractivity (Wildman–Crippen MR) is 148 cm³/mol. The van der Waals surface area contributed by atoms with Gasteiger partial charge < -0.3 is 14.9 Å². The quantitative estimate of drug-likeness (QED) is 0.428. The topological polar surface area (TPSA) is 96.7 Å². The summed E-state index contributed by atoms with van der Waals surface area (Å²) in [6, 6.07) is 18.6. The van der Waals surface area contributed by atoms with Gasteiger partial charge in [-0.15, -0.1) is 11.3 Å². The molecule has 2 aromatic carbocycles. The summed E-state index contributed by atoms with van der Waals surface area (Å²) in [7, 11) is -1.86. The lowest BCUT2D eigenvalue weighted by Gasteiger charge is -2.34. The molecular weight excluding hydrogens is 492 g/mol. The molecule has 1 unspecified atom stereocenters. The Kier molecular flexibility index (Phi) is 8.13. The van der Waals surface area contributed by atoms with E-state index in [0.717, 1.165) is 42.0 Å². The van der Waals surface area contributed by atoms with Gasteiger partial charge in [-0.1, -0.05) is 25.1 Å². The second kappa shape index (κ2) is 11.1. The third kappa shape index (κ3) is 5.80. The van der Waals surface area contributed by atoms with Gasteiger partial charge in [-0.05, 0) is 72.6 Å². The second-order valence-electron chi connectivity index (χ2n) is 9.18. The molecular formula is C27H32N4O3S2. The minimum absolute atomic E-state index is 0.124. The molecule has 0 saturated carbocycles. The van der Waals surface area contributed by atoms with Gasteiger partial charge in [0.25, 0.3) is 10.0 Å². The second-order valence-corrected chi connectivity index (χ2v) is 12.0. The molecule has 9 heteroatoms. The van der Waals surface area contributed by atoms with Crippen LogP contribution in [-0.4, -0.2) is 64.3 Å². The molecule has 7 nitrogen and oxygen atoms in total. The third-order valence-corrected chi connectivity index (χ3v) is 9.38. The van der Waals surface area contributed by atoms with E-state index in [-0.39, 0.29) is 11.4 Å². The number of aliphatic hydroxyl groups is 1. The molecule has 1 atom stereocenters. The number of piperazine rings is 1. The fourth-order valence-corrected chi connectivity index (χ4v) is 6.49. The monoisotopic (exact) mass is 524 g/mol. The van der Waals surface area contributed by atoms with Crippen LogP contribution in [0.4, 0.5) is 5.69 Å². The van der Waals surface area contributed by atoms with Crippen LogP contribution in [0.2, 0.25) is 0 Å². The highest BCUT2D eigenvalue weighted by molar-refractivity contribution is 7.93. The smallest absolute Gasteiger partial charge is 0.251 e. The first kappa shape index (κ1) is 26.3. The number of benzene rings is 2. The molecule has 2 heterocycles. The highest BCUT2D eigenvalue weighted by atomic mass is 32.2. The molecule has 0 amide bonds. The Labute approximate surface area is 217 Å². The maximum Gasteiger partial charge on any atom is 0.251 e. The molecule has 36 heavy (non-hydrogen) atoms. The summed E-state index contributed by atoms with van der Waals surface area (Å²) in [5, 5.41) is 21.6. The minimum atomic E-state index is -4.02. The van der Waals surface area contributed by atoms with Crippen LogP contribution in [0.15, 0.2) is 53.4 Å². The summed E-state index contributed by atoms with van der Waals surface area (Å²) in [5.74, 6) is 0. The molecule has 1 saturated heterocycles. The van der Waals surface area contributed by atoms with E-state index < -0.39 is 16.1 Å². The van der Waals surface area contributed by atoms with Crippen LogP contribution in [0.3, 0.4) is 0 Å². The molecule has 1 aromatic heterocycles. The minimum Gasteiger partial charge on any atom is -0.392 e. The number of rotatable bonds is 8. The van der Waals surface area contributed by atoms with Crippen LogP contribution in [0, 0.1) is 11.3 Å². The third-order valence-electron chi connectivity index (χ3n) is 6.64. The van der Waals surface area contributed by atoms with Crippen LogP contribution in [0.5, 0.6) is 0 Å². The van der Waals surface area contributed by atoms with Gasteiger partial charge in [-0.25, -0.2) is 13.1 Å². The molecule has 0 radical (unpaired) electrons. The summed E-state index contributed by atoms with van der Waals surface area (Å²) in [6.07, 6.45) is -0.372. The Morgan fingerprint density at radius 3 is 2.50 bits per heavy atom. The first-order valence-corrected chi connectivity index (χ1v) is 14.4. The lowest BCUT2D eigenvalue weighted by Crippen LogP contribution is -2.44. The van der Waals surface area contributed by atoms with Crippen molar-refractivity contribution in [1.29, 1.82) is 5.26 Å². The van der Waals surface area contributed by atoms with Crippen LogP contribution in [-0.2, 0) is 10.0 Å². The average Bonchev–Trinajstić information content (AvgIpc) is 3.38. The highest BCUT2D eigenvalue weighted by Gasteiger charge is 2.23. The number of likely N-dealkylation sites (N-methyl/N-ethyl adjacent to an activating group) is 1. The lowest BCUT2D eigenvalue weighted by atomic mass is 10.0. The van der Waals surface area contributed by atoms with Crippen molar-refractivity contribution in [3.63, 3.8) is 0 Å². The van der Waals surface area contributed by atoms with Crippen molar-refractivity contribution in [3.05, 3.63) is 58.3 Å². The molecule has 1 fully saturated rings. The number of fused-ring (bicyclic) bond motifs is 1. The molecule has 0 spiro atoms. The van der Waals surface area contributed by atoms with E-state index in [1.54, 1.807) is 13.8 Å². The summed E-state index contributed by atoms with van der Waals surface area (Å²) >= 11 is 1.45. The fourth-order valence-electron chi connectivity index (χ4n) is 4.22. The van der Waals surface area contributed by atoms with Gasteiger partial charge in [0.2, 0.25) is 0 Å². The number of allylic oxidation sites excluding steroid dienone is 2. The van der Waals surface area contributed by atoms with E-state index in [1.165, 1.54) is 22.4 Å². The number of aliphatic hydroxyl groups excluding tert-OH is 1. The van der Waals surface area contributed by atoms with Crippen LogP contribution >= 0.6 is 11.3 Å². The molecule has 1 aliphatic rings. The molecule has 0 aliphatic carbocycles. The zero-order valence-electron chi connectivity index (χ0n) is 20.9. The van der Waals surface area contributed by atoms with Crippen molar-refractivity contribution in [2.75, 3.05) is 44.7 Å². The largest absolute Gasteiger partial charge is 0.392 e. The van der Waals surface area contributed by atoms with Gasteiger partial charge in [-0.3, -0.25) is 0 Å². The normalized spacial score (nSPS) is 16.6. The number of nitrogens with one attached hydrogen (secondary N) is 1. The maximum atomic E-state index is 12.7. The predicted octanol–water partition coefficient (Wildman–Crippen LogP) is 4.26. The van der Waals surface area contributed by atoms with Crippen molar-refractivity contribution in [1.82, 2.24) is 9.62 Å². The van der Waals surface area contributed by atoms with E-state index in [4.69, 9.17) is 0 Å². The van der Waals surface area contributed by atoms with E-state index >= 15 is 0 Å². The van der Waals surface area contributed by atoms with Crippen molar-refractivity contribution in [2.24, 2.45) is 0 Å². The Morgan fingerprint density at radius 2 is 1.81 bits per heavy atom. The number of thiophene rings is 1. The van der Waals surface area contributed by atoms with E-state index in [9.17, 15) is 18.8 Å². The van der Waals surface area contributed by atoms with E-state index in [0.29, 0.717) is 16.9 Å². The number of anilines is 1. The summed E-state index contributed by atoms with van der Waals surface area (Å²) in [6.45, 7) is 7.47. The van der Waals surface area contributed by atoms with Gasteiger partial charge in [0.05, 0.1) is 6.10 Å². The summed E-state index contributed by atoms with van der Waals surface area (Å²) < 4.78 is 27.7. The number of nitriles is 1. The van der Waals surface area contributed by atoms with Crippen LogP contribution in [0.25, 0.3) is 26.8 Å². The van der Waals surface area contributed by atoms with Crippen molar-refractivity contribution >= 4 is 43.4 Å².